The highest BCUT2D eigenvalue weighted by Gasteiger charge is 2.23. The number of esters is 1. The minimum Gasteiger partial charge on any atom is -0.465 e. The first-order valence-electron chi connectivity index (χ1n) is 9.12. The lowest BCUT2D eigenvalue weighted by atomic mass is 10.2. The molecule has 1 saturated heterocycles. The number of carbonyl (C=O) groups is 2. The second-order valence-corrected chi connectivity index (χ2v) is 8.59. The van der Waals surface area contributed by atoms with Gasteiger partial charge >= 0.3 is 5.97 Å². The molecular weight excluding hydrogens is 400 g/mol. The first-order chi connectivity index (χ1) is 13.5. The van der Waals surface area contributed by atoms with E-state index in [-0.39, 0.29) is 23.7 Å². The van der Waals surface area contributed by atoms with Crippen LogP contribution < -0.4 is 5.32 Å². The van der Waals surface area contributed by atoms with E-state index >= 15 is 0 Å². The Kier molecular flexibility index (Phi) is 7.08. The highest BCUT2D eigenvalue weighted by molar-refractivity contribution is 7.99. The van der Waals surface area contributed by atoms with Crippen LogP contribution in [-0.2, 0) is 20.8 Å². The monoisotopic (exact) mass is 424 g/mol. The number of nitrogens with one attached hydrogen (secondary N) is 1. The lowest BCUT2D eigenvalue weighted by Crippen LogP contribution is -2.19. The molecule has 1 amide bonds. The molecule has 0 aliphatic carbocycles. The third kappa shape index (κ3) is 4.92. The normalized spacial score (nSPS) is 16.5. The van der Waals surface area contributed by atoms with E-state index in [1.807, 2.05) is 0 Å². The van der Waals surface area contributed by atoms with Crippen molar-refractivity contribution >= 4 is 40.0 Å². The highest BCUT2D eigenvalue weighted by Crippen LogP contribution is 2.26. The highest BCUT2D eigenvalue weighted by atomic mass is 32.2. The zero-order valence-corrected chi connectivity index (χ0v) is 17.8. The van der Waals surface area contributed by atoms with Crippen LogP contribution in [0.3, 0.4) is 0 Å². The molecule has 0 saturated carbocycles. The van der Waals surface area contributed by atoms with Crippen LogP contribution in [0.25, 0.3) is 0 Å². The van der Waals surface area contributed by atoms with E-state index in [9.17, 15) is 9.59 Å². The van der Waals surface area contributed by atoms with Crippen LogP contribution in [0.15, 0.2) is 16.6 Å². The summed E-state index contributed by atoms with van der Waals surface area (Å²) >= 11 is 2.61. The van der Waals surface area contributed by atoms with E-state index < -0.39 is 5.97 Å². The summed E-state index contributed by atoms with van der Waals surface area (Å²) in [5, 5.41) is 14.3. The predicted molar refractivity (Wildman–Crippen MR) is 108 cm³/mol. The van der Waals surface area contributed by atoms with Crippen molar-refractivity contribution in [1.82, 2.24) is 14.8 Å². The number of thiophene rings is 1. The van der Waals surface area contributed by atoms with Gasteiger partial charge in [-0.05, 0) is 24.3 Å². The average molecular weight is 425 g/mol. The number of ether oxygens (including phenoxy) is 2. The second kappa shape index (κ2) is 9.53. The van der Waals surface area contributed by atoms with Crippen molar-refractivity contribution in [2.75, 3.05) is 24.8 Å². The molecule has 1 aliphatic heterocycles. The number of methoxy groups -OCH3 is 1. The standard InChI is InChI=1S/C18H24N4O4S2/c1-11(2)15-20-21-18(22(15)9-12-5-4-7-26-12)28-10-14(23)19-16-13(6-8-27-16)17(24)25-3/h6,8,11-12H,4-5,7,9-10H2,1-3H3,(H,19,23). The fourth-order valence-corrected chi connectivity index (χ4v) is 4.51. The van der Waals surface area contributed by atoms with E-state index in [0.29, 0.717) is 22.3 Å². The Hall–Kier alpha value is -1.91. The molecule has 0 radical (unpaired) electrons. The van der Waals surface area contributed by atoms with Crippen LogP contribution in [0, 0.1) is 0 Å². The van der Waals surface area contributed by atoms with Crippen molar-refractivity contribution in [1.29, 1.82) is 0 Å². The van der Waals surface area contributed by atoms with Crippen LogP contribution in [0.5, 0.6) is 0 Å². The van der Waals surface area contributed by atoms with Crippen molar-refractivity contribution < 1.29 is 19.1 Å². The van der Waals surface area contributed by atoms with Gasteiger partial charge in [0.1, 0.15) is 10.8 Å². The Morgan fingerprint density at radius 3 is 2.96 bits per heavy atom. The Bertz CT molecular complexity index is 827. The zero-order valence-electron chi connectivity index (χ0n) is 16.1. The molecule has 152 valence electrons. The maximum Gasteiger partial charge on any atom is 0.340 e. The SMILES string of the molecule is COC(=O)c1ccsc1NC(=O)CSc1nnc(C(C)C)n1CC1CCCO1. The van der Waals surface area contributed by atoms with E-state index in [0.717, 1.165) is 25.3 Å². The Balaban J connectivity index is 1.64. The van der Waals surface area contributed by atoms with Crippen LogP contribution >= 0.6 is 23.1 Å². The van der Waals surface area contributed by atoms with Crippen molar-refractivity contribution in [2.45, 2.75) is 50.4 Å². The van der Waals surface area contributed by atoms with Gasteiger partial charge in [-0.15, -0.1) is 21.5 Å². The molecule has 0 aromatic carbocycles. The molecule has 1 N–H and O–H groups in total. The summed E-state index contributed by atoms with van der Waals surface area (Å²) in [5.41, 5.74) is 0.356. The molecule has 1 unspecified atom stereocenters. The third-order valence-corrected chi connectivity index (χ3v) is 6.12. The largest absolute Gasteiger partial charge is 0.465 e. The summed E-state index contributed by atoms with van der Waals surface area (Å²) in [7, 11) is 1.31. The molecule has 3 heterocycles. The van der Waals surface area contributed by atoms with Gasteiger partial charge in [-0.1, -0.05) is 25.6 Å². The number of carbonyl (C=O) groups excluding carboxylic acids is 2. The minimum atomic E-state index is -0.470. The van der Waals surface area contributed by atoms with Crippen LogP contribution in [0.2, 0.25) is 0 Å². The maximum absolute atomic E-state index is 12.4. The van der Waals surface area contributed by atoms with Crippen molar-refractivity contribution in [3.05, 3.63) is 22.8 Å². The number of amides is 1. The van der Waals surface area contributed by atoms with Gasteiger partial charge in [0, 0.05) is 12.5 Å². The van der Waals surface area contributed by atoms with Crippen LogP contribution in [0.1, 0.15) is 48.8 Å². The van der Waals surface area contributed by atoms with Crippen molar-refractivity contribution in [3.63, 3.8) is 0 Å². The van der Waals surface area contributed by atoms with E-state index in [2.05, 4.69) is 33.9 Å². The molecule has 0 spiro atoms. The van der Waals surface area contributed by atoms with Gasteiger partial charge in [-0.3, -0.25) is 4.79 Å². The topological polar surface area (TPSA) is 95.3 Å². The Labute approximate surface area is 172 Å². The van der Waals surface area contributed by atoms with Crippen LogP contribution in [0.4, 0.5) is 5.00 Å². The summed E-state index contributed by atoms with van der Waals surface area (Å²) in [4.78, 5) is 24.1. The summed E-state index contributed by atoms with van der Waals surface area (Å²) in [5.74, 6) is 0.605. The quantitative estimate of drug-likeness (QED) is 0.514. The first-order valence-corrected chi connectivity index (χ1v) is 11.0. The molecule has 2 aromatic heterocycles. The predicted octanol–water partition coefficient (Wildman–Crippen LogP) is 3.16. The molecule has 8 nitrogen and oxygen atoms in total. The van der Waals surface area contributed by atoms with Gasteiger partial charge in [-0.25, -0.2) is 4.79 Å². The number of hydrogen-bond acceptors (Lipinski definition) is 8. The molecule has 1 aliphatic rings. The molecule has 1 atom stereocenters. The molecule has 2 aromatic rings. The lowest BCUT2D eigenvalue weighted by Gasteiger charge is -2.15. The molecule has 10 heteroatoms. The first kappa shape index (κ1) is 20.8. The second-order valence-electron chi connectivity index (χ2n) is 6.73. The van der Waals surface area contributed by atoms with Gasteiger partial charge < -0.3 is 19.4 Å². The molecule has 28 heavy (non-hydrogen) atoms. The zero-order chi connectivity index (χ0) is 20.1. The van der Waals surface area contributed by atoms with Gasteiger partial charge in [0.15, 0.2) is 5.16 Å². The number of rotatable bonds is 8. The molecule has 0 bridgehead atoms. The maximum atomic E-state index is 12.4. The fourth-order valence-electron chi connectivity index (χ4n) is 2.97. The number of thioether (sulfide) groups is 1. The number of nitrogens with zero attached hydrogens (tertiary/aromatic N) is 3. The number of anilines is 1. The van der Waals surface area contributed by atoms with E-state index in [4.69, 9.17) is 9.47 Å². The summed E-state index contributed by atoms with van der Waals surface area (Å²) < 4.78 is 12.5. The molecule has 1 fully saturated rings. The third-order valence-electron chi connectivity index (χ3n) is 4.33. The summed E-state index contributed by atoms with van der Waals surface area (Å²) in [6.07, 6.45) is 2.25. The fraction of sp³-hybridized carbons (Fsp3) is 0.556. The van der Waals surface area contributed by atoms with Gasteiger partial charge in [0.05, 0.1) is 31.1 Å². The van der Waals surface area contributed by atoms with Crippen LogP contribution in [-0.4, -0.2) is 52.2 Å². The minimum absolute atomic E-state index is 0.162. The van der Waals surface area contributed by atoms with Gasteiger partial charge in [0.2, 0.25) is 5.91 Å². The summed E-state index contributed by atoms with van der Waals surface area (Å²) in [6.45, 7) is 5.63. The van der Waals surface area contributed by atoms with Gasteiger partial charge in [0.25, 0.3) is 0 Å². The van der Waals surface area contributed by atoms with E-state index in [1.165, 1.54) is 30.2 Å². The Morgan fingerprint density at radius 2 is 2.29 bits per heavy atom. The Morgan fingerprint density at radius 1 is 1.46 bits per heavy atom. The number of hydrogen-bond donors (Lipinski definition) is 1. The smallest absolute Gasteiger partial charge is 0.340 e. The number of aromatic nitrogens is 3. The van der Waals surface area contributed by atoms with Crippen molar-refractivity contribution in [3.8, 4) is 0 Å². The molecular formula is C18H24N4O4S2. The summed E-state index contributed by atoms with van der Waals surface area (Å²) in [6, 6.07) is 1.63. The lowest BCUT2D eigenvalue weighted by molar-refractivity contribution is -0.113. The van der Waals surface area contributed by atoms with Gasteiger partial charge in [-0.2, -0.15) is 0 Å². The van der Waals surface area contributed by atoms with E-state index in [1.54, 1.807) is 11.4 Å². The van der Waals surface area contributed by atoms with Crippen molar-refractivity contribution in [2.24, 2.45) is 0 Å². The average Bonchev–Trinajstić information content (AvgIpc) is 3.41. The molecule has 3 rings (SSSR count).